The van der Waals surface area contributed by atoms with Crippen molar-refractivity contribution in [2.75, 3.05) is 24.6 Å². The Hall–Kier alpha value is -0.940. The van der Waals surface area contributed by atoms with Gasteiger partial charge in [-0.1, -0.05) is 24.3 Å². The summed E-state index contributed by atoms with van der Waals surface area (Å²) >= 11 is 0. The lowest BCUT2D eigenvalue weighted by Crippen LogP contribution is -2.41. The molecule has 1 radical (unpaired) electrons. The fraction of sp³-hybridized carbons (Fsp3) is 0.455. The van der Waals surface area contributed by atoms with Gasteiger partial charge in [0, 0.05) is 18.7 Å². The highest BCUT2D eigenvalue weighted by Gasteiger charge is 2.27. The van der Waals surface area contributed by atoms with Crippen molar-refractivity contribution in [3.63, 3.8) is 0 Å². The predicted molar refractivity (Wildman–Crippen MR) is 59.4 cm³/mol. The first-order valence-electron chi connectivity index (χ1n) is 5.13. The summed E-state index contributed by atoms with van der Waals surface area (Å²) in [6.45, 7) is 0.532. The van der Waals surface area contributed by atoms with E-state index in [0.717, 1.165) is 0 Å². The van der Waals surface area contributed by atoms with Crippen LogP contribution >= 0.6 is 0 Å². The predicted octanol–water partition coefficient (Wildman–Crippen LogP) is 1.19. The molecule has 0 spiro atoms. The van der Waals surface area contributed by atoms with E-state index >= 15 is 0 Å². The molecule has 1 aliphatic rings. The Morgan fingerprint density at radius 1 is 1.25 bits per heavy atom. The minimum Gasteiger partial charge on any atom is -0.268 e. The van der Waals surface area contributed by atoms with Crippen molar-refractivity contribution < 1.29 is 12.8 Å². The molecule has 1 aromatic rings. The molecular formula is C11H13FNO2S. The molecule has 87 valence electrons. The number of hydrogen-bond donors (Lipinski definition) is 0. The number of sulfone groups is 1. The summed E-state index contributed by atoms with van der Waals surface area (Å²) in [5, 5.41) is 0. The van der Waals surface area contributed by atoms with Crippen LogP contribution in [-0.4, -0.2) is 37.9 Å². The Bertz CT molecular complexity index is 432. The maximum atomic E-state index is 14.0. The minimum absolute atomic E-state index is 0.0480. The summed E-state index contributed by atoms with van der Waals surface area (Å²) in [4.78, 5) is 1.55. The number of alkyl halides is 1. The second-order valence-corrected chi connectivity index (χ2v) is 6.16. The van der Waals surface area contributed by atoms with E-state index < -0.39 is 16.1 Å². The van der Waals surface area contributed by atoms with Gasteiger partial charge >= 0.3 is 0 Å². The Labute approximate surface area is 94.8 Å². The van der Waals surface area contributed by atoms with Crippen molar-refractivity contribution in [1.82, 2.24) is 4.90 Å². The maximum Gasteiger partial charge on any atom is 0.179 e. The average molecular weight is 242 g/mol. The van der Waals surface area contributed by atoms with Gasteiger partial charge in [-0.2, -0.15) is 0 Å². The van der Waals surface area contributed by atoms with E-state index in [1.807, 2.05) is 0 Å². The smallest absolute Gasteiger partial charge is 0.179 e. The Balaban J connectivity index is 2.05. The van der Waals surface area contributed by atoms with Gasteiger partial charge < -0.3 is 0 Å². The van der Waals surface area contributed by atoms with Crippen molar-refractivity contribution in [3.05, 3.63) is 35.9 Å². The van der Waals surface area contributed by atoms with Crippen molar-refractivity contribution >= 4 is 9.84 Å². The largest absolute Gasteiger partial charge is 0.268 e. The topological polar surface area (TPSA) is 37.4 Å². The molecule has 1 saturated heterocycles. The molecule has 2 rings (SSSR count). The Kier molecular flexibility index (Phi) is 3.25. The molecule has 0 saturated carbocycles. The molecule has 0 aromatic heterocycles. The third-order valence-electron chi connectivity index (χ3n) is 2.72. The molecule has 1 fully saturated rings. The fourth-order valence-electron chi connectivity index (χ4n) is 1.72. The van der Waals surface area contributed by atoms with E-state index in [2.05, 4.69) is 6.07 Å². The molecular weight excluding hydrogens is 229 g/mol. The molecule has 1 aliphatic heterocycles. The molecule has 3 nitrogen and oxygen atoms in total. The fourth-order valence-corrected chi connectivity index (χ4v) is 2.95. The van der Waals surface area contributed by atoms with Gasteiger partial charge in [-0.05, 0) is 6.07 Å². The molecule has 0 amide bonds. The normalized spacial score (nSPS) is 22.8. The molecule has 1 aromatic carbocycles. The van der Waals surface area contributed by atoms with Crippen molar-refractivity contribution in [2.45, 2.75) is 6.30 Å². The number of halogens is 1. The van der Waals surface area contributed by atoms with Crippen LogP contribution in [0.3, 0.4) is 0 Å². The van der Waals surface area contributed by atoms with E-state index in [4.69, 9.17) is 0 Å². The van der Waals surface area contributed by atoms with Gasteiger partial charge in [-0.25, -0.2) is 12.8 Å². The van der Waals surface area contributed by atoms with Crippen LogP contribution in [0.4, 0.5) is 4.39 Å². The van der Waals surface area contributed by atoms with Crippen LogP contribution in [0, 0.1) is 6.07 Å². The first-order valence-corrected chi connectivity index (χ1v) is 6.95. The van der Waals surface area contributed by atoms with E-state index in [1.165, 1.54) is 0 Å². The third kappa shape index (κ3) is 2.59. The molecule has 1 unspecified atom stereocenters. The van der Waals surface area contributed by atoms with Gasteiger partial charge in [0.25, 0.3) is 0 Å². The van der Waals surface area contributed by atoms with Gasteiger partial charge in [0.15, 0.2) is 16.1 Å². The van der Waals surface area contributed by atoms with E-state index in [9.17, 15) is 12.8 Å². The minimum atomic E-state index is -2.95. The van der Waals surface area contributed by atoms with Crippen LogP contribution in [0.15, 0.2) is 24.3 Å². The third-order valence-corrected chi connectivity index (χ3v) is 4.33. The molecule has 0 aliphatic carbocycles. The monoisotopic (exact) mass is 242 g/mol. The average Bonchev–Trinajstić information content (AvgIpc) is 2.29. The highest BCUT2D eigenvalue weighted by molar-refractivity contribution is 7.91. The van der Waals surface area contributed by atoms with Gasteiger partial charge in [-0.3, -0.25) is 4.90 Å². The lowest BCUT2D eigenvalue weighted by atomic mass is 10.2. The molecule has 0 bridgehead atoms. The first-order chi connectivity index (χ1) is 7.58. The van der Waals surface area contributed by atoms with Crippen LogP contribution in [0.2, 0.25) is 0 Å². The standard InChI is InChI=1S/C11H13FNO2S/c12-11(10-4-2-1-3-5-10)13-6-8-16(14,15)9-7-13/h2-5,11H,6-9H2. The van der Waals surface area contributed by atoms with Crippen molar-refractivity contribution in [3.8, 4) is 0 Å². The first kappa shape index (κ1) is 11.5. The van der Waals surface area contributed by atoms with Crippen LogP contribution in [-0.2, 0) is 9.84 Å². The van der Waals surface area contributed by atoms with Crippen molar-refractivity contribution in [1.29, 1.82) is 0 Å². The Morgan fingerprint density at radius 2 is 1.81 bits per heavy atom. The summed E-state index contributed by atoms with van der Waals surface area (Å²) in [5.74, 6) is 0.0960. The summed E-state index contributed by atoms with van der Waals surface area (Å²) in [6.07, 6.45) is -1.22. The van der Waals surface area contributed by atoms with Gasteiger partial charge in [-0.15, -0.1) is 0 Å². The number of hydrogen-bond acceptors (Lipinski definition) is 3. The summed E-state index contributed by atoms with van der Waals surface area (Å²) < 4.78 is 36.4. The maximum absolute atomic E-state index is 14.0. The van der Waals surface area contributed by atoms with E-state index in [0.29, 0.717) is 5.56 Å². The van der Waals surface area contributed by atoms with Gasteiger partial charge in [0.2, 0.25) is 0 Å². The number of rotatable bonds is 2. The highest BCUT2D eigenvalue weighted by Crippen LogP contribution is 2.23. The van der Waals surface area contributed by atoms with Crippen LogP contribution in [0.25, 0.3) is 0 Å². The van der Waals surface area contributed by atoms with Gasteiger partial charge in [0.05, 0.1) is 11.5 Å². The molecule has 5 heteroatoms. The summed E-state index contributed by atoms with van der Waals surface area (Å²) in [5.41, 5.74) is 0.554. The molecule has 16 heavy (non-hydrogen) atoms. The van der Waals surface area contributed by atoms with Crippen LogP contribution in [0.5, 0.6) is 0 Å². The molecule has 1 heterocycles. The lowest BCUT2D eigenvalue weighted by molar-refractivity contribution is 0.0915. The van der Waals surface area contributed by atoms with Crippen LogP contribution < -0.4 is 0 Å². The zero-order valence-electron chi connectivity index (χ0n) is 8.77. The quantitative estimate of drug-likeness (QED) is 0.731. The highest BCUT2D eigenvalue weighted by atomic mass is 32.2. The number of nitrogens with zero attached hydrogens (tertiary/aromatic N) is 1. The van der Waals surface area contributed by atoms with Crippen LogP contribution in [0.1, 0.15) is 11.9 Å². The summed E-state index contributed by atoms with van der Waals surface area (Å²) in [7, 11) is -2.95. The second kappa shape index (κ2) is 4.51. The molecule has 0 N–H and O–H groups in total. The summed E-state index contributed by atoms with van der Waals surface area (Å²) in [6, 6.07) is 9.45. The van der Waals surface area contributed by atoms with E-state index in [1.54, 1.807) is 29.2 Å². The number of benzene rings is 1. The van der Waals surface area contributed by atoms with Crippen molar-refractivity contribution in [2.24, 2.45) is 0 Å². The SMILES string of the molecule is O=S1(=O)CCN(C(F)c2cc[c]cc2)CC1. The zero-order chi connectivity index (χ0) is 11.6. The second-order valence-electron chi connectivity index (χ2n) is 3.86. The van der Waals surface area contributed by atoms with Gasteiger partial charge in [0.1, 0.15) is 0 Å². The lowest BCUT2D eigenvalue weighted by Gasteiger charge is -2.29. The zero-order valence-corrected chi connectivity index (χ0v) is 9.58. The Morgan fingerprint density at radius 3 is 2.38 bits per heavy atom. The van der Waals surface area contributed by atoms with E-state index in [-0.39, 0.29) is 24.6 Å². The molecule has 1 atom stereocenters.